The van der Waals surface area contributed by atoms with Crippen LogP contribution in [0.1, 0.15) is 40.0 Å². The summed E-state index contributed by atoms with van der Waals surface area (Å²) >= 11 is 0. The summed E-state index contributed by atoms with van der Waals surface area (Å²) in [5.74, 6) is 0.665. The monoisotopic (exact) mass is 418 g/mol. The summed E-state index contributed by atoms with van der Waals surface area (Å²) in [5.41, 5.74) is -0.436. The zero-order chi connectivity index (χ0) is 21.9. The van der Waals surface area contributed by atoms with Gasteiger partial charge in [-0.1, -0.05) is 0 Å². The lowest BCUT2D eigenvalue weighted by molar-refractivity contribution is -0.928. The zero-order valence-corrected chi connectivity index (χ0v) is 18.6. The van der Waals surface area contributed by atoms with Crippen LogP contribution in [0.4, 0.5) is 0 Å². The van der Waals surface area contributed by atoms with Crippen molar-refractivity contribution in [2.24, 2.45) is 5.41 Å². The maximum Gasteiger partial charge on any atom is 0.312 e. The largest absolute Gasteiger partial charge is 0.493 e. The number of piperidine rings is 1. The van der Waals surface area contributed by atoms with Gasteiger partial charge in [0.1, 0.15) is 6.33 Å². The van der Waals surface area contributed by atoms with E-state index in [-0.39, 0.29) is 18.3 Å². The van der Waals surface area contributed by atoms with Crippen LogP contribution in [0.15, 0.2) is 23.3 Å². The molecule has 30 heavy (non-hydrogen) atoms. The number of carbonyl (C=O) groups is 1. The van der Waals surface area contributed by atoms with Crippen molar-refractivity contribution in [1.29, 1.82) is 0 Å². The summed E-state index contributed by atoms with van der Waals surface area (Å²) in [6.45, 7) is 7.81. The Hall–Kier alpha value is -2.61. The minimum atomic E-state index is -0.642. The average Bonchev–Trinajstić information content (AvgIpc) is 2.71. The summed E-state index contributed by atoms with van der Waals surface area (Å²) < 4.78 is 18.9. The molecular formula is C22H32N3O5+. The number of methoxy groups -OCH3 is 1. The molecule has 0 bridgehead atoms. The third-order valence-corrected chi connectivity index (χ3v) is 5.48. The molecule has 0 atom stereocenters. The normalized spacial score (nSPS) is 16.3. The summed E-state index contributed by atoms with van der Waals surface area (Å²) in [7, 11) is 3.74. The second-order valence-electron chi connectivity index (χ2n) is 9.25. The van der Waals surface area contributed by atoms with Crippen LogP contribution >= 0.6 is 0 Å². The molecule has 164 valence electrons. The van der Waals surface area contributed by atoms with E-state index in [2.05, 4.69) is 12.0 Å². The average molecular weight is 419 g/mol. The van der Waals surface area contributed by atoms with E-state index in [0.29, 0.717) is 29.1 Å². The number of rotatable bonds is 6. The summed E-state index contributed by atoms with van der Waals surface area (Å²) in [6, 6.07) is 3.37. The molecule has 1 aliphatic rings. The summed E-state index contributed by atoms with van der Waals surface area (Å²) in [6.07, 6.45) is 5.06. The van der Waals surface area contributed by atoms with Crippen molar-refractivity contribution in [1.82, 2.24) is 9.55 Å². The SMILES string of the molecule is COc1cc2c(=O)n(COC(=O)C(C)(C)C)cnc2cc1OC[N+]1(C)CCCCC1. The molecule has 1 aromatic carbocycles. The lowest BCUT2D eigenvalue weighted by atomic mass is 9.98. The van der Waals surface area contributed by atoms with Gasteiger partial charge >= 0.3 is 5.97 Å². The Balaban J connectivity index is 1.83. The molecule has 1 aromatic heterocycles. The first-order valence-corrected chi connectivity index (χ1v) is 10.3. The fourth-order valence-electron chi connectivity index (χ4n) is 3.51. The van der Waals surface area contributed by atoms with E-state index < -0.39 is 5.41 Å². The molecule has 0 aliphatic carbocycles. The lowest BCUT2D eigenvalue weighted by Gasteiger charge is -2.37. The number of fused-ring (bicyclic) bond motifs is 1. The van der Waals surface area contributed by atoms with E-state index >= 15 is 0 Å². The number of quaternary nitrogens is 1. The molecule has 8 heteroatoms. The molecule has 2 aromatic rings. The lowest BCUT2D eigenvalue weighted by Crippen LogP contribution is -2.50. The number of hydrogen-bond acceptors (Lipinski definition) is 6. The Morgan fingerprint density at radius 3 is 2.50 bits per heavy atom. The Morgan fingerprint density at radius 2 is 1.87 bits per heavy atom. The fourth-order valence-corrected chi connectivity index (χ4v) is 3.51. The topological polar surface area (TPSA) is 79.7 Å². The second kappa shape index (κ2) is 8.63. The highest BCUT2D eigenvalue weighted by molar-refractivity contribution is 5.81. The Kier molecular flexibility index (Phi) is 6.36. The number of carbonyl (C=O) groups excluding carboxylic acids is 1. The van der Waals surface area contributed by atoms with Gasteiger partial charge in [0, 0.05) is 6.07 Å². The van der Waals surface area contributed by atoms with Gasteiger partial charge in [-0.25, -0.2) is 4.98 Å². The molecule has 1 fully saturated rings. The Bertz CT molecular complexity index is 971. The Morgan fingerprint density at radius 1 is 1.17 bits per heavy atom. The first-order valence-electron chi connectivity index (χ1n) is 10.3. The van der Waals surface area contributed by atoms with Crippen molar-refractivity contribution in [3.63, 3.8) is 0 Å². The molecular weight excluding hydrogens is 386 g/mol. The molecule has 3 rings (SSSR count). The minimum Gasteiger partial charge on any atom is -0.493 e. The molecule has 0 spiro atoms. The van der Waals surface area contributed by atoms with Gasteiger partial charge in [0.15, 0.2) is 18.2 Å². The molecule has 0 amide bonds. The highest BCUT2D eigenvalue weighted by atomic mass is 16.5. The molecule has 1 aliphatic heterocycles. The van der Waals surface area contributed by atoms with Crippen LogP contribution in [0.5, 0.6) is 11.5 Å². The predicted octanol–water partition coefficient (Wildman–Crippen LogP) is 2.92. The van der Waals surface area contributed by atoms with Gasteiger partial charge in [0.05, 0.1) is 43.6 Å². The highest BCUT2D eigenvalue weighted by Crippen LogP contribution is 2.31. The van der Waals surface area contributed by atoms with Crippen LogP contribution in [0.25, 0.3) is 10.9 Å². The van der Waals surface area contributed by atoms with Gasteiger partial charge in [-0.05, 0) is 46.1 Å². The fraction of sp³-hybridized carbons (Fsp3) is 0.591. The van der Waals surface area contributed by atoms with Gasteiger partial charge < -0.3 is 14.2 Å². The van der Waals surface area contributed by atoms with Crippen LogP contribution < -0.4 is 15.0 Å². The predicted molar refractivity (Wildman–Crippen MR) is 113 cm³/mol. The number of ether oxygens (including phenoxy) is 3. The maximum atomic E-state index is 12.9. The van der Waals surface area contributed by atoms with Crippen LogP contribution in [0.3, 0.4) is 0 Å². The first-order chi connectivity index (χ1) is 14.1. The molecule has 0 unspecified atom stereocenters. The molecule has 1 saturated heterocycles. The van der Waals surface area contributed by atoms with E-state index in [1.54, 1.807) is 40.0 Å². The van der Waals surface area contributed by atoms with E-state index in [1.807, 2.05) is 0 Å². The van der Waals surface area contributed by atoms with Gasteiger partial charge in [-0.15, -0.1) is 0 Å². The van der Waals surface area contributed by atoms with Crippen molar-refractivity contribution >= 4 is 16.9 Å². The second-order valence-corrected chi connectivity index (χ2v) is 9.25. The number of hydrogen-bond donors (Lipinski definition) is 0. The first kappa shape index (κ1) is 22.1. The number of likely N-dealkylation sites (tertiary alicyclic amines) is 1. The summed E-state index contributed by atoms with van der Waals surface area (Å²) in [4.78, 5) is 29.2. The number of esters is 1. The molecule has 0 N–H and O–H groups in total. The highest BCUT2D eigenvalue weighted by Gasteiger charge is 2.26. The molecule has 8 nitrogen and oxygen atoms in total. The number of aromatic nitrogens is 2. The molecule has 2 heterocycles. The van der Waals surface area contributed by atoms with Gasteiger partial charge in [0.25, 0.3) is 5.56 Å². The summed E-state index contributed by atoms with van der Waals surface area (Å²) in [5, 5.41) is 0.381. The molecule has 0 saturated carbocycles. The smallest absolute Gasteiger partial charge is 0.312 e. The van der Waals surface area contributed by atoms with Crippen molar-refractivity contribution in [2.45, 2.75) is 46.8 Å². The van der Waals surface area contributed by atoms with Crippen molar-refractivity contribution in [2.75, 3.05) is 34.0 Å². The standard InChI is InChI=1S/C22H32N3O5/c1-22(2,3)21(27)29-14-24-13-23-17-12-19(18(28-5)11-16(17)20(24)26)30-15-25(4)9-7-6-8-10-25/h11-13H,6-10,14-15H2,1-5H3/q+1. The van der Waals surface area contributed by atoms with Gasteiger partial charge in [0.2, 0.25) is 6.73 Å². The van der Waals surface area contributed by atoms with Crippen molar-refractivity contribution in [3.05, 3.63) is 28.8 Å². The maximum absolute atomic E-state index is 12.9. The quantitative estimate of drug-likeness (QED) is 0.530. The zero-order valence-electron chi connectivity index (χ0n) is 18.6. The van der Waals surface area contributed by atoms with Gasteiger partial charge in [-0.2, -0.15) is 0 Å². The van der Waals surface area contributed by atoms with Crippen LogP contribution in [-0.2, 0) is 16.3 Å². The van der Waals surface area contributed by atoms with Crippen molar-refractivity contribution in [3.8, 4) is 11.5 Å². The van der Waals surface area contributed by atoms with Crippen LogP contribution in [-0.4, -0.2) is 54.0 Å². The van der Waals surface area contributed by atoms with E-state index in [1.165, 1.54) is 30.2 Å². The van der Waals surface area contributed by atoms with Crippen LogP contribution in [0.2, 0.25) is 0 Å². The third kappa shape index (κ3) is 4.92. The van der Waals surface area contributed by atoms with Gasteiger partial charge in [-0.3, -0.25) is 18.6 Å². The number of nitrogens with zero attached hydrogens (tertiary/aromatic N) is 3. The third-order valence-electron chi connectivity index (χ3n) is 5.48. The van der Waals surface area contributed by atoms with E-state index in [4.69, 9.17) is 14.2 Å². The van der Waals surface area contributed by atoms with E-state index in [0.717, 1.165) is 17.6 Å². The Labute approximate surface area is 176 Å². The number of benzene rings is 1. The van der Waals surface area contributed by atoms with E-state index in [9.17, 15) is 9.59 Å². The minimum absolute atomic E-state index is 0.186. The van der Waals surface area contributed by atoms with Crippen LogP contribution in [0, 0.1) is 5.41 Å². The van der Waals surface area contributed by atoms with Crippen molar-refractivity contribution < 1.29 is 23.5 Å². The molecule has 0 radical (unpaired) electrons.